The van der Waals surface area contributed by atoms with Crippen LogP contribution in [0.1, 0.15) is 12.5 Å². The van der Waals surface area contributed by atoms with E-state index in [4.69, 9.17) is 0 Å². The molecule has 1 aromatic heterocycles. The minimum Gasteiger partial charge on any atom is -0.319 e. The van der Waals surface area contributed by atoms with Crippen LogP contribution in [0.25, 0.3) is 10.9 Å². The molecule has 0 saturated carbocycles. The molecule has 1 heterocycles. The Labute approximate surface area is 96.7 Å². The van der Waals surface area contributed by atoms with Gasteiger partial charge in [-0.05, 0) is 37.6 Å². The number of benzene rings is 1. The minimum absolute atomic E-state index is 0.637. The molecule has 1 atom stereocenters. The van der Waals surface area contributed by atoms with E-state index in [1.54, 1.807) is 0 Å². The summed E-state index contributed by atoms with van der Waals surface area (Å²) in [6.07, 6.45) is 2.95. The van der Waals surface area contributed by atoms with Crippen molar-refractivity contribution in [3.8, 4) is 0 Å². The monoisotopic (exact) mass is 214 g/mol. The second-order valence-electron chi connectivity index (χ2n) is 4.36. The van der Waals surface area contributed by atoms with Crippen LogP contribution >= 0.6 is 0 Å². The van der Waals surface area contributed by atoms with E-state index in [9.17, 15) is 0 Å². The van der Waals surface area contributed by atoms with Gasteiger partial charge in [-0.2, -0.15) is 0 Å². The first-order chi connectivity index (χ1) is 7.81. The number of nitrogens with one attached hydrogen (secondary N) is 1. The van der Waals surface area contributed by atoms with Crippen molar-refractivity contribution < 1.29 is 0 Å². The number of fused-ring (bicyclic) bond motifs is 1. The summed E-state index contributed by atoms with van der Waals surface area (Å²) in [5.74, 6) is 0.637. The Bertz CT molecular complexity index is 460. The highest BCUT2D eigenvalue weighted by Gasteiger charge is 2.06. The molecule has 2 rings (SSSR count). The molecule has 0 saturated heterocycles. The summed E-state index contributed by atoms with van der Waals surface area (Å²) in [6.45, 7) is 3.31. The normalized spacial score (nSPS) is 12.9. The fourth-order valence-corrected chi connectivity index (χ4v) is 2.13. The molecular formula is C14H18N2. The Morgan fingerprint density at radius 3 is 2.88 bits per heavy atom. The summed E-state index contributed by atoms with van der Waals surface area (Å²) in [5.41, 5.74) is 2.49. The van der Waals surface area contributed by atoms with Gasteiger partial charge in [0.2, 0.25) is 0 Å². The number of hydrogen-bond donors (Lipinski definition) is 1. The molecule has 0 aliphatic rings. The van der Waals surface area contributed by atoms with Gasteiger partial charge in [0.15, 0.2) is 0 Å². The Morgan fingerprint density at radius 1 is 1.25 bits per heavy atom. The predicted octanol–water partition coefficient (Wildman–Crippen LogP) is 2.63. The molecule has 2 heteroatoms. The summed E-state index contributed by atoms with van der Waals surface area (Å²) in [6, 6.07) is 10.5. The lowest BCUT2D eigenvalue weighted by atomic mass is 9.99. The van der Waals surface area contributed by atoms with Crippen molar-refractivity contribution in [3.63, 3.8) is 0 Å². The number of rotatable bonds is 4. The van der Waals surface area contributed by atoms with Crippen molar-refractivity contribution in [2.24, 2.45) is 5.92 Å². The maximum Gasteiger partial charge on any atom is 0.0733 e. The molecule has 0 radical (unpaired) electrons. The lowest BCUT2D eigenvalue weighted by Crippen LogP contribution is -2.18. The third-order valence-corrected chi connectivity index (χ3v) is 2.84. The zero-order valence-electron chi connectivity index (χ0n) is 9.90. The SMILES string of the molecule is CNCC(C)Cc1cccc2cccnc12. The number of pyridine rings is 1. The van der Waals surface area contributed by atoms with E-state index in [2.05, 4.69) is 41.5 Å². The summed E-state index contributed by atoms with van der Waals surface area (Å²) < 4.78 is 0. The fraction of sp³-hybridized carbons (Fsp3) is 0.357. The van der Waals surface area contributed by atoms with Crippen LogP contribution in [0.5, 0.6) is 0 Å². The van der Waals surface area contributed by atoms with E-state index in [0.29, 0.717) is 5.92 Å². The fourth-order valence-electron chi connectivity index (χ4n) is 2.13. The largest absolute Gasteiger partial charge is 0.319 e. The van der Waals surface area contributed by atoms with Crippen LogP contribution in [0, 0.1) is 5.92 Å². The topological polar surface area (TPSA) is 24.9 Å². The van der Waals surface area contributed by atoms with Crippen LogP contribution in [-0.2, 0) is 6.42 Å². The van der Waals surface area contributed by atoms with Crippen molar-refractivity contribution >= 4 is 10.9 Å². The standard InChI is InChI=1S/C14H18N2/c1-11(10-15-2)9-13-6-3-5-12-7-4-8-16-14(12)13/h3-8,11,15H,9-10H2,1-2H3. The number of nitrogens with zero attached hydrogens (tertiary/aromatic N) is 1. The van der Waals surface area contributed by atoms with Crippen molar-refractivity contribution in [1.82, 2.24) is 10.3 Å². The van der Waals surface area contributed by atoms with E-state index in [1.165, 1.54) is 10.9 Å². The lowest BCUT2D eigenvalue weighted by molar-refractivity contribution is 0.543. The molecule has 0 aliphatic heterocycles. The molecular weight excluding hydrogens is 196 g/mol. The average molecular weight is 214 g/mol. The van der Waals surface area contributed by atoms with Gasteiger partial charge in [0.25, 0.3) is 0 Å². The van der Waals surface area contributed by atoms with Crippen LogP contribution in [0.15, 0.2) is 36.5 Å². The molecule has 16 heavy (non-hydrogen) atoms. The molecule has 0 spiro atoms. The summed E-state index contributed by atoms with van der Waals surface area (Å²) in [4.78, 5) is 4.47. The van der Waals surface area contributed by atoms with Crippen molar-refractivity contribution in [1.29, 1.82) is 0 Å². The van der Waals surface area contributed by atoms with E-state index in [0.717, 1.165) is 18.5 Å². The van der Waals surface area contributed by atoms with Gasteiger partial charge in [0.05, 0.1) is 5.52 Å². The molecule has 0 amide bonds. The molecule has 0 aliphatic carbocycles. The van der Waals surface area contributed by atoms with E-state index in [1.807, 2.05) is 19.3 Å². The Morgan fingerprint density at radius 2 is 2.06 bits per heavy atom. The van der Waals surface area contributed by atoms with Crippen LogP contribution in [0.3, 0.4) is 0 Å². The van der Waals surface area contributed by atoms with E-state index >= 15 is 0 Å². The van der Waals surface area contributed by atoms with Gasteiger partial charge in [-0.15, -0.1) is 0 Å². The first kappa shape index (κ1) is 11.1. The first-order valence-corrected chi connectivity index (χ1v) is 5.78. The molecule has 1 N–H and O–H groups in total. The summed E-state index contributed by atoms with van der Waals surface area (Å²) in [5, 5.41) is 4.45. The zero-order valence-corrected chi connectivity index (χ0v) is 9.90. The summed E-state index contributed by atoms with van der Waals surface area (Å²) in [7, 11) is 2.00. The van der Waals surface area contributed by atoms with Crippen LogP contribution < -0.4 is 5.32 Å². The van der Waals surface area contributed by atoms with Gasteiger partial charge in [-0.3, -0.25) is 4.98 Å². The highest BCUT2D eigenvalue weighted by molar-refractivity contribution is 5.81. The van der Waals surface area contributed by atoms with Gasteiger partial charge in [0.1, 0.15) is 0 Å². The molecule has 0 fully saturated rings. The average Bonchev–Trinajstić information content (AvgIpc) is 2.30. The maximum atomic E-state index is 4.47. The molecule has 84 valence electrons. The van der Waals surface area contributed by atoms with Gasteiger partial charge in [0, 0.05) is 11.6 Å². The maximum absolute atomic E-state index is 4.47. The minimum atomic E-state index is 0.637. The molecule has 2 nitrogen and oxygen atoms in total. The second kappa shape index (κ2) is 5.08. The highest BCUT2D eigenvalue weighted by atomic mass is 14.8. The van der Waals surface area contributed by atoms with Crippen molar-refractivity contribution in [2.45, 2.75) is 13.3 Å². The quantitative estimate of drug-likeness (QED) is 0.846. The highest BCUT2D eigenvalue weighted by Crippen LogP contribution is 2.18. The number of hydrogen-bond acceptors (Lipinski definition) is 2. The second-order valence-corrected chi connectivity index (χ2v) is 4.36. The number of aromatic nitrogens is 1. The smallest absolute Gasteiger partial charge is 0.0733 e. The molecule has 1 unspecified atom stereocenters. The zero-order chi connectivity index (χ0) is 11.4. The third-order valence-electron chi connectivity index (χ3n) is 2.84. The van der Waals surface area contributed by atoms with Gasteiger partial charge in [-0.1, -0.05) is 31.2 Å². The molecule has 1 aromatic carbocycles. The van der Waals surface area contributed by atoms with E-state index in [-0.39, 0.29) is 0 Å². The number of para-hydroxylation sites is 1. The Kier molecular flexibility index (Phi) is 3.52. The Hall–Kier alpha value is -1.41. The first-order valence-electron chi connectivity index (χ1n) is 5.78. The van der Waals surface area contributed by atoms with Gasteiger partial charge < -0.3 is 5.32 Å². The summed E-state index contributed by atoms with van der Waals surface area (Å²) >= 11 is 0. The van der Waals surface area contributed by atoms with E-state index < -0.39 is 0 Å². The van der Waals surface area contributed by atoms with Gasteiger partial charge >= 0.3 is 0 Å². The molecule has 0 bridgehead atoms. The van der Waals surface area contributed by atoms with Crippen LogP contribution in [0.4, 0.5) is 0 Å². The van der Waals surface area contributed by atoms with Crippen LogP contribution in [0.2, 0.25) is 0 Å². The lowest BCUT2D eigenvalue weighted by Gasteiger charge is -2.12. The van der Waals surface area contributed by atoms with Crippen molar-refractivity contribution in [2.75, 3.05) is 13.6 Å². The molecule has 2 aromatic rings. The van der Waals surface area contributed by atoms with Crippen molar-refractivity contribution in [3.05, 3.63) is 42.1 Å². The third kappa shape index (κ3) is 2.39. The Balaban J connectivity index is 2.30. The van der Waals surface area contributed by atoms with Gasteiger partial charge in [-0.25, -0.2) is 0 Å². The predicted molar refractivity (Wildman–Crippen MR) is 68.5 cm³/mol. The van der Waals surface area contributed by atoms with Crippen LogP contribution in [-0.4, -0.2) is 18.6 Å².